The summed E-state index contributed by atoms with van der Waals surface area (Å²) in [5, 5.41) is 12.0. The van der Waals surface area contributed by atoms with Crippen LogP contribution in [0.15, 0.2) is 12.3 Å². The normalized spacial score (nSPS) is 21.8. The fraction of sp³-hybridized carbons (Fsp3) is 0.455. The fourth-order valence-electron chi connectivity index (χ4n) is 2.09. The number of carboxylic acids is 1. The number of hydrogen-bond donors (Lipinski definition) is 3. The lowest BCUT2D eigenvalue weighted by Gasteiger charge is -2.24. The van der Waals surface area contributed by atoms with Crippen LogP contribution in [0.25, 0.3) is 0 Å². The van der Waals surface area contributed by atoms with Crippen LogP contribution in [0, 0.1) is 0 Å². The molecule has 7 nitrogen and oxygen atoms in total. The largest absolute Gasteiger partial charge is 0.478 e. The summed E-state index contributed by atoms with van der Waals surface area (Å²) in [4.78, 5) is 15.0. The zero-order valence-corrected chi connectivity index (χ0v) is 11.0. The molecule has 0 amide bonds. The molecule has 2 rings (SSSR count). The number of nitrogen functional groups attached to an aromatic ring is 1. The average molecular weight is 285 g/mol. The first-order valence-corrected chi connectivity index (χ1v) is 7.65. The van der Waals surface area contributed by atoms with E-state index in [4.69, 9.17) is 10.8 Å². The third kappa shape index (κ3) is 3.34. The van der Waals surface area contributed by atoms with Crippen molar-refractivity contribution in [3.8, 4) is 0 Å². The highest BCUT2D eigenvalue weighted by atomic mass is 32.2. The van der Waals surface area contributed by atoms with Crippen LogP contribution in [0.5, 0.6) is 0 Å². The van der Waals surface area contributed by atoms with Crippen molar-refractivity contribution in [1.82, 2.24) is 4.98 Å². The Hall–Kier alpha value is -1.83. The number of aromatic carboxylic acids is 1. The Kier molecular flexibility index (Phi) is 3.61. The van der Waals surface area contributed by atoms with E-state index < -0.39 is 15.8 Å². The summed E-state index contributed by atoms with van der Waals surface area (Å²) in [6.07, 6.45) is 2.58. The number of nitrogens with zero attached hydrogens (tertiary/aromatic N) is 1. The Morgan fingerprint density at radius 2 is 2.26 bits per heavy atom. The van der Waals surface area contributed by atoms with Crippen LogP contribution >= 0.6 is 0 Å². The molecule has 19 heavy (non-hydrogen) atoms. The number of hydrogen-bond acceptors (Lipinski definition) is 6. The fourth-order valence-corrected chi connectivity index (χ4v) is 3.73. The summed E-state index contributed by atoms with van der Waals surface area (Å²) < 4.78 is 23.1. The molecule has 1 atom stereocenters. The first-order valence-electron chi connectivity index (χ1n) is 5.83. The molecule has 1 saturated heterocycles. The Balaban J connectivity index is 2.21. The summed E-state index contributed by atoms with van der Waals surface area (Å²) in [6, 6.07) is 0.989. The highest BCUT2D eigenvalue weighted by molar-refractivity contribution is 7.91. The number of aromatic nitrogens is 1. The molecule has 4 N–H and O–H groups in total. The number of nitrogens with two attached hydrogens (primary N) is 1. The molecule has 0 saturated carbocycles. The van der Waals surface area contributed by atoms with Crippen molar-refractivity contribution in [2.75, 3.05) is 22.6 Å². The Morgan fingerprint density at radius 1 is 1.53 bits per heavy atom. The van der Waals surface area contributed by atoms with Gasteiger partial charge < -0.3 is 16.2 Å². The van der Waals surface area contributed by atoms with E-state index in [0.29, 0.717) is 12.8 Å². The van der Waals surface area contributed by atoms with Gasteiger partial charge in [-0.3, -0.25) is 0 Å². The number of sulfone groups is 1. The van der Waals surface area contributed by atoms with Gasteiger partial charge in [-0.05, 0) is 18.9 Å². The molecule has 1 aromatic heterocycles. The molecule has 1 aromatic rings. The number of carbonyl (C=O) groups is 1. The van der Waals surface area contributed by atoms with E-state index in [1.165, 1.54) is 12.3 Å². The van der Waals surface area contributed by atoms with Crippen molar-refractivity contribution in [3.05, 3.63) is 17.8 Å². The molecule has 1 unspecified atom stereocenters. The van der Waals surface area contributed by atoms with Gasteiger partial charge in [0.1, 0.15) is 11.4 Å². The zero-order valence-electron chi connectivity index (χ0n) is 10.2. The Bertz CT molecular complexity index is 600. The van der Waals surface area contributed by atoms with E-state index in [1.807, 2.05) is 0 Å². The number of carboxylic acid groups (broad SMARTS) is 1. The quantitative estimate of drug-likeness (QED) is 0.732. The Labute approximate surface area is 110 Å². The second-order valence-electron chi connectivity index (χ2n) is 4.57. The van der Waals surface area contributed by atoms with Gasteiger partial charge in [-0.25, -0.2) is 18.2 Å². The highest BCUT2D eigenvalue weighted by Gasteiger charge is 2.26. The number of nitrogens with one attached hydrogen (secondary N) is 1. The maximum atomic E-state index is 11.5. The van der Waals surface area contributed by atoms with Gasteiger partial charge in [-0.15, -0.1) is 0 Å². The van der Waals surface area contributed by atoms with E-state index in [1.54, 1.807) is 0 Å². The van der Waals surface area contributed by atoms with Gasteiger partial charge in [0.05, 0.1) is 23.4 Å². The average Bonchev–Trinajstić information content (AvgIpc) is 2.30. The summed E-state index contributed by atoms with van der Waals surface area (Å²) in [5.74, 6) is -0.811. The number of pyridine rings is 1. The van der Waals surface area contributed by atoms with E-state index in [-0.39, 0.29) is 34.6 Å². The third-order valence-electron chi connectivity index (χ3n) is 2.94. The molecule has 8 heteroatoms. The van der Waals surface area contributed by atoms with E-state index in [9.17, 15) is 13.2 Å². The van der Waals surface area contributed by atoms with Crippen molar-refractivity contribution in [3.63, 3.8) is 0 Å². The molecule has 0 bridgehead atoms. The first kappa shape index (κ1) is 13.6. The molecule has 1 fully saturated rings. The van der Waals surface area contributed by atoms with E-state index in [0.717, 1.165) is 0 Å². The molecule has 2 heterocycles. The van der Waals surface area contributed by atoms with Gasteiger partial charge in [0.15, 0.2) is 9.84 Å². The number of anilines is 2. The van der Waals surface area contributed by atoms with Gasteiger partial charge in [0.2, 0.25) is 0 Å². The predicted molar refractivity (Wildman–Crippen MR) is 70.9 cm³/mol. The van der Waals surface area contributed by atoms with E-state index >= 15 is 0 Å². The molecule has 1 aliphatic rings. The van der Waals surface area contributed by atoms with Crippen LogP contribution < -0.4 is 11.1 Å². The van der Waals surface area contributed by atoms with Crippen LogP contribution in [0.2, 0.25) is 0 Å². The van der Waals surface area contributed by atoms with Gasteiger partial charge >= 0.3 is 5.97 Å². The van der Waals surface area contributed by atoms with Crippen LogP contribution in [0.3, 0.4) is 0 Å². The van der Waals surface area contributed by atoms with Crippen LogP contribution in [0.4, 0.5) is 11.5 Å². The topological polar surface area (TPSA) is 122 Å². The molecular formula is C11H15N3O4S. The molecular weight excluding hydrogens is 270 g/mol. The molecule has 0 aliphatic carbocycles. The van der Waals surface area contributed by atoms with Crippen LogP contribution in [-0.4, -0.2) is 42.0 Å². The van der Waals surface area contributed by atoms with Crippen molar-refractivity contribution in [2.24, 2.45) is 0 Å². The maximum absolute atomic E-state index is 11.5. The summed E-state index contributed by atoms with van der Waals surface area (Å²) in [7, 11) is -3.06. The van der Waals surface area contributed by atoms with Crippen LogP contribution in [0.1, 0.15) is 23.2 Å². The molecule has 0 aromatic carbocycles. The zero-order chi connectivity index (χ0) is 14.0. The summed E-state index contributed by atoms with van der Waals surface area (Å²) in [5.41, 5.74) is 5.69. The second kappa shape index (κ2) is 5.04. The lowest BCUT2D eigenvalue weighted by atomic mass is 10.1. The molecule has 104 valence electrons. The highest BCUT2D eigenvalue weighted by Crippen LogP contribution is 2.20. The number of rotatable bonds is 3. The van der Waals surface area contributed by atoms with Crippen molar-refractivity contribution < 1.29 is 18.3 Å². The predicted octanol–water partition coefficient (Wildman–Crippen LogP) is 0.351. The van der Waals surface area contributed by atoms with Gasteiger partial charge in [0.25, 0.3) is 0 Å². The minimum absolute atomic E-state index is 0.00187. The van der Waals surface area contributed by atoms with Crippen LogP contribution in [-0.2, 0) is 9.84 Å². The molecule has 0 spiro atoms. The van der Waals surface area contributed by atoms with E-state index in [2.05, 4.69) is 10.3 Å². The summed E-state index contributed by atoms with van der Waals surface area (Å²) >= 11 is 0. The minimum Gasteiger partial charge on any atom is -0.478 e. The van der Waals surface area contributed by atoms with Gasteiger partial charge in [0, 0.05) is 6.04 Å². The third-order valence-corrected chi connectivity index (χ3v) is 4.76. The minimum atomic E-state index is -3.06. The molecule has 1 aliphatic heterocycles. The standard InChI is InChI=1S/C11H15N3O4S/c12-7-4-9(11(15)16)10(13-5-7)14-8-2-1-3-19(17,18)6-8/h4-5,8H,1-3,6,12H2,(H,13,14)(H,15,16). The van der Waals surface area contributed by atoms with Crippen molar-refractivity contribution in [2.45, 2.75) is 18.9 Å². The summed E-state index contributed by atoms with van der Waals surface area (Å²) in [6.45, 7) is 0. The first-order chi connectivity index (χ1) is 8.87. The van der Waals surface area contributed by atoms with Gasteiger partial charge in [-0.2, -0.15) is 0 Å². The smallest absolute Gasteiger partial charge is 0.339 e. The Morgan fingerprint density at radius 3 is 2.89 bits per heavy atom. The SMILES string of the molecule is Nc1cnc(NC2CCCS(=O)(=O)C2)c(C(=O)O)c1. The lowest BCUT2D eigenvalue weighted by Crippen LogP contribution is -2.35. The monoisotopic (exact) mass is 285 g/mol. The maximum Gasteiger partial charge on any atom is 0.339 e. The second-order valence-corrected chi connectivity index (χ2v) is 6.80. The lowest BCUT2D eigenvalue weighted by molar-refractivity contribution is 0.0697. The van der Waals surface area contributed by atoms with Crippen molar-refractivity contribution in [1.29, 1.82) is 0 Å². The molecule has 0 radical (unpaired) electrons. The van der Waals surface area contributed by atoms with Crippen molar-refractivity contribution >= 4 is 27.3 Å². The van der Waals surface area contributed by atoms with Gasteiger partial charge in [-0.1, -0.05) is 0 Å².